The van der Waals surface area contributed by atoms with Crippen molar-refractivity contribution in [1.82, 2.24) is 15.5 Å². The molecule has 0 unspecified atom stereocenters. The normalized spacial score (nSPS) is 12.0. The molecule has 0 bridgehead atoms. The van der Waals surface area contributed by atoms with Gasteiger partial charge in [-0.3, -0.25) is 14.9 Å². The Morgan fingerprint density at radius 2 is 2.00 bits per heavy atom. The highest BCUT2D eigenvalue weighted by molar-refractivity contribution is 7.18. The van der Waals surface area contributed by atoms with Crippen LogP contribution < -0.4 is 10.6 Å². The molecule has 1 atom stereocenters. The van der Waals surface area contributed by atoms with E-state index >= 15 is 0 Å². The predicted octanol–water partition coefficient (Wildman–Crippen LogP) is 3.39. The molecule has 2 N–H and O–H groups in total. The second-order valence-electron chi connectivity index (χ2n) is 6.31. The molecule has 1 aromatic carbocycles. The summed E-state index contributed by atoms with van der Waals surface area (Å²) in [5.74, 6) is -0.412. The Morgan fingerprint density at radius 3 is 2.64 bits per heavy atom. The van der Waals surface area contributed by atoms with Crippen LogP contribution in [0.4, 0.5) is 5.13 Å². The van der Waals surface area contributed by atoms with Crippen LogP contribution in [0.15, 0.2) is 24.3 Å². The summed E-state index contributed by atoms with van der Waals surface area (Å²) in [6, 6.07) is 7.36. The number of nitrogens with zero attached hydrogens (tertiary/aromatic N) is 2. The van der Waals surface area contributed by atoms with Gasteiger partial charge >= 0.3 is 0 Å². The number of hydrogen-bond acceptors (Lipinski definition) is 5. The fourth-order valence-corrected chi connectivity index (χ4v) is 3.10. The third kappa shape index (κ3) is 5.35. The van der Waals surface area contributed by atoms with Crippen molar-refractivity contribution < 1.29 is 9.59 Å². The highest BCUT2D eigenvalue weighted by Gasteiger charge is 2.25. The van der Waals surface area contributed by atoms with Gasteiger partial charge in [-0.2, -0.15) is 0 Å². The van der Waals surface area contributed by atoms with Gasteiger partial charge in [0, 0.05) is 12.0 Å². The molecule has 0 aliphatic carbocycles. The molecule has 0 spiro atoms. The van der Waals surface area contributed by atoms with Gasteiger partial charge in [0.2, 0.25) is 16.9 Å². The molecule has 134 valence electrons. The highest BCUT2D eigenvalue weighted by atomic mass is 32.1. The van der Waals surface area contributed by atoms with Crippen molar-refractivity contribution in [3.05, 3.63) is 29.8 Å². The lowest BCUT2D eigenvalue weighted by atomic mass is 10.0. The highest BCUT2D eigenvalue weighted by Crippen LogP contribution is 2.27. The molecule has 0 aliphatic heterocycles. The van der Waals surface area contributed by atoms with Gasteiger partial charge in [-0.25, -0.2) is 0 Å². The molecule has 2 amide bonds. The van der Waals surface area contributed by atoms with Crippen molar-refractivity contribution in [2.75, 3.05) is 5.32 Å². The Balaban J connectivity index is 2.07. The number of nitrogens with one attached hydrogen (secondary N) is 2. The van der Waals surface area contributed by atoms with Gasteiger partial charge in [0.05, 0.1) is 0 Å². The van der Waals surface area contributed by atoms with Gasteiger partial charge in [-0.1, -0.05) is 55.9 Å². The molecule has 6 nitrogen and oxygen atoms in total. The summed E-state index contributed by atoms with van der Waals surface area (Å²) in [5, 5.41) is 14.9. The number of aryl methyl sites for hydroxylation is 1. The van der Waals surface area contributed by atoms with E-state index in [2.05, 4.69) is 20.8 Å². The van der Waals surface area contributed by atoms with Crippen molar-refractivity contribution in [2.45, 2.75) is 46.6 Å². The SMILES string of the molecule is CCCC(=O)N[C@@H](C(=O)Nc1nnc(-c2cccc(C)c2)s1)C(C)C. The van der Waals surface area contributed by atoms with Crippen LogP contribution in [0.2, 0.25) is 0 Å². The van der Waals surface area contributed by atoms with E-state index in [0.29, 0.717) is 11.6 Å². The van der Waals surface area contributed by atoms with Gasteiger partial charge in [0.25, 0.3) is 0 Å². The van der Waals surface area contributed by atoms with Gasteiger partial charge in [0.15, 0.2) is 0 Å². The Labute approximate surface area is 152 Å². The molecule has 7 heteroatoms. The summed E-state index contributed by atoms with van der Waals surface area (Å²) < 4.78 is 0. The number of benzene rings is 1. The first-order valence-electron chi connectivity index (χ1n) is 8.41. The molecule has 25 heavy (non-hydrogen) atoms. The van der Waals surface area contributed by atoms with E-state index in [-0.39, 0.29) is 17.7 Å². The maximum absolute atomic E-state index is 12.5. The van der Waals surface area contributed by atoms with E-state index in [1.54, 1.807) is 0 Å². The molecule has 2 rings (SSSR count). The van der Waals surface area contributed by atoms with Gasteiger partial charge in [-0.15, -0.1) is 10.2 Å². The van der Waals surface area contributed by atoms with Crippen molar-refractivity contribution in [3.8, 4) is 10.6 Å². The molecular formula is C18H24N4O2S. The number of aromatic nitrogens is 2. The molecule has 1 heterocycles. The number of amides is 2. The van der Waals surface area contributed by atoms with Crippen LogP contribution in [0.25, 0.3) is 10.6 Å². The summed E-state index contributed by atoms with van der Waals surface area (Å²) >= 11 is 1.31. The summed E-state index contributed by atoms with van der Waals surface area (Å²) in [6.07, 6.45) is 1.15. The van der Waals surface area contributed by atoms with E-state index in [4.69, 9.17) is 0 Å². The second-order valence-corrected chi connectivity index (χ2v) is 7.29. The first-order valence-corrected chi connectivity index (χ1v) is 9.23. The number of carbonyl (C=O) groups is 2. The van der Waals surface area contributed by atoms with Gasteiger partial charge in [-0.05, 0) is 25.3 Å². The zero-order valence-electron chi connectivity index (χ0n) is 15.0. The van der Waals surface area contributed by atoms with E-state index in [1.807, 2.05) is 52.0 Å². The summed E-state index contributed by atoms with van der Waals surface area (Å²) in [4.78, 5) is 24.3. The molecule has 0 saturated heterocycles. The number of rotatable bonds is 7. The van der Waals surface area contributed by atoms with E-state index in [0.717, 1.165) is 22.6 Å². The summed E-state index contributed by atoms with van der Waals surface area (Å²) in [5.41, 5.74) is 2.10. The van der Waals surface area contributed by atoms with Crippen LogP contribution >= 0.6 is 11.3 Å². The molecule has 0 radical (unpaired) electrons. The average molecular weight is 360 g/mol. The molecule has 0 aliphatic rings. The van der Waals surface area contributed by atoms with Crippen LogP contribution in [0.5, 0.6) is 0 Å². The second kappa shape index (κ2) is 8.71. The predicted molar refractivity (Wildman–Crippen MR) is 100 cm³/mol. The molecule has 0 fully saturated rings. The fourth-order valence-electron chi connectivity index (χ4n) is 2.36. The van der Waals surface area contributed by atoms with Gasteiger partial charge in [0.1, 0.15) is 11.0 Å². The fraction of sp³-hybridized carbons (Fsp3) is 0.444. The minimum Gasteiger partial charge on any atom is -0.344 e. The third-order valence-electron chi connectivity index (χ3n) is 3.66. The lowest BCUT2D eigenvalue weighted by Gasteiger charge is -2.20. The van der Waals surface area contributed by atoms with Crippen LogP contribution in [-0.4, -0.2) is 28.1 Å². The monoisotopic (exact) mass is 360 g/mol. The Bertz CT molecular complexity index is 742. The number of hydrogen-bond donors (Lipinski definition) is 2. The Morgan fingerprint density at radius 1 is 1.24 bits per heavy atom. The third-order valence-corrected chi connectivity index (χ3v) is 4.55. The summed E-state index contributed by atoms with van der Waals surface area (Å²) in [6.45, 7) is 7.74. The number of carbonyl (C=O) groups excluding carboxylic acids is 2. The lowest BCUT2D eigenvalue weighted by Crippen LogP contribution is -2.47. The lowest BCUT2D eigenvalue weighted by molar-refractivity contribution is -0.127. The van der Waals surface area contributed by atoms with Crippen LogP contribution in [0, 0.1) is 12.8 Å². The molecule has 1 aromatic heterocycles. The van der Waals surface area contributed by atoms with Crippen molar-refractivity contribution in [3.63, 3.8) is 0 Å². The average Bonchev–Trinajstić information content (AvgIpc) is 3.01. The van der Waals surface area contributed by atoms with Crippen molar-refractivity contribution >= 4 is 28.3 Å². The maximum atomic E-state index is 12.5. The van der Waals surface area contributed by atoms with Crippen molar-refractivity contribution in [2.24, 2.45) is 5.92 Å². The molecular weight excluding hydrogens is 336 g/mol. The molecule has 0 saturated carbocycles. The zero-order valence-corrected chi connectivity index (χ0v) is 15.8. The van der Waals surface area contributed by atoms with Gasteiger partial charge < -0.3 is 5.32 Å². The smallest absolute Gasteiger partial charge is 0.249 e. The number of anilines is 1. The minimum absolute atomic E-state index is 0.0232. The standard InChI is InChI=1S/C18H24N4O2S/c1-5-7-14(23)19-15(11(2)3)16(24)20-18-22-21-17(25-18)13-9-6-8-12(4)10-13/h6,8-11,15H,5,7H2,1-4H3,(H,19,23)(H,20,22,24)/t15-/m1/s1. The first kappa shape index (κ1) is 19.1. The van der Waals surface area contributed by atoms with E-state index in [1.165, 1.54) is 11.3 Å². The van der Waals surface area contributed by atoms with Crippen LogP contribution in [-0.2, 0) is 9.59 Å². The molecule has 2 aromatic rings. The Kier molecular flexibility index (Phi) is 6.64. The maximum Gasteiger partial charge on any atom is 0.249 e. The zero-order chi connectivity index (χ0) is 18.4. The topological polar surface area (TPSA) is 84.0 Å². The van der Waals surface area contributed by atoms with Crippen LogP contribution in [0.1, 0.15) is 39.2 Å². The quantitative estimate of drug-likeness (QED) is 0.793. The largest absolute Gasteiger partial charge is 0.344 e. The Hall–Kier alpha value is -2.28. The van der Waals surface area contributed by atoms with Crippen molar-refractivity contribution in [1.29, 1.82) is 0 Å². The summed E-state index contributed by atoms with van der Waals surface area (Å²) in [7, 11) is 0. The van der Waals surface area contributed by atoms with E-state index < -0.39 is 6.04 Å². The van der Waals surface area contributed by atoms with E-state index in [9.17, 15) is 9.59 Å². The first-order chi connectivity index (χ1) is 11.9. The van der Waals surface area contributed by atoms with Crippen LogP contribution in [0.3, 0.4) is 0 Å². The minimum atomic E-state index is -0.592.